The number of aromatic hydroxyl groups is 1. The molecule has 2 N–H and O–H groups in total. The van der Waals surface area contributed by atoms with E-state index in [-0.39, 0.29) is 17.2 Å². The van der Waals surface area contributed by atoms with E-state index in [0.29, 0.717) is 0 Å². The number of carbonyl (C=O) groups is 1. The molecule has 1 amide bonds. The van der Waals surface area contributed by atoms with Gasteiger partial charge in [0.15, 0.2) is 0 Å². The quantitative estimate of drug-likeness (QED) is 0.816. The van der Waals surface area contributed by atoms with Gasteiger partial charge in [0.2, 0.25) is 5.91 Å². The van der Waals surface area contributed by atoms with Crippen molar-refractivity contribution in [2.75, 3.05) is 16.8 Å². The van der Waals surface area contributed by atoms with Gasteiger partial charge in [-0.3, -0.25) is 4.79 Å². The van der Waals surface area contributed by atoms with Crippen LogP contribution in [0.1, 0.15) is 39.0 Å². The van der Waals surface area contributed by atoms with Gasteiger partial charge in [-0.2, -0.15) is 0 Å². The molecule has 1 aliphatic heterocycles. The molecule has 1 heterocycles. The van der Waals surface area contributed by atoms with Crippen LogP contribution < -0.4 is 10.2 Å². The third-order valence-electron chi connectivity index (χ3n) is 4.46. The molecule has 1 spiro atoms. The highest BCUT2D eigenvalue weighted by atomic mass is 16.3. The lowest BCUT2D eigenvalue weighted by molar-refractivity contribution is -0.122. The van der Waals surface area contributed by atoms with Crippen LogP contribution in [-0.2, 0) is 4.79 Å². The number of fused-ring (bicyclic) bond motifs is 1. The monoisotopic (exact) mass is 260 g/mol. The summed E-state index contributed by atoms with van der Waals surface area (Å²) >= 11 is 0. The number of nitrogens with one attached hydrogen (secondary N) is 1. The highest BCUT2D eigenvalue weighted by Crippen LogP contribution is 2.44. The van der Waals surface area contributed by atoms with E-state index in [0.717, 1.165) is 43.6 Å². The third kappa shape index (κ3) is 1.78. The molecule has 19 heavy (non-hydrogen) atoms. The van der Waals surface area contributed by atoms with Gasteiger partial charge >= 0.3 is 0 Å². The Morgan fingerprint density at radius 3 is 2.74 bits per heavy atom. The lowest BCUT2D eigenvalue weighted by Crippen LogP contribution is -2.60. The van der Waals surface area contributed by atoms with Crippen LogP contribution in [0.2, 0.25) is 0 Å². The highest BCUT2D eigenvalue weighted by Gasteiger charge is 2.47. The summed E-state index contributed by atoms with van der Waals surface area (Å²) in [5, 5.41) is 12.6. The molecule has 1 aliphatic carbocycles. The lowest BCUT2D eigenvalue weighted by atomic mass is 9.77. The number of hydrogen-bond acceptors (Lipinski definition) is 3. The molecule has 1 aromatic rings. The Hall–Kier alpha value is -1.71. The van der Waals surface area contributed by atoms with Crippen molar-refractivity contribution in [2.45, 2.75) is 44.6 Å². The smallest absolute Gasteiger partial charge is 0.250 e. The average Bonchev–Trinajstić information content (AvgIpc) is 2.42. The van der Waals surface area contributed by atoms with E-state index in [1.54, 1.807) is 12.1 Å². The summed E-state index contributed by atoms with van der Waals surface area (Å²) in [6.07, 6.45) is 5.28. The van der Waals surface area contributed by atoms with Gasteiger partial charge in [0.1, 0.15) is 11.3 Å². The summed E-state index contributed by atoms with van der Waals surface area (Å²) in [6.45, 7) is 2.90. The first-order valence-corrected chi connectivity index (χ1v) is 7.09. The maximum Gasteiger partial charge on any atom is 0.250 e. The molecule has 0 atom stereocenters. The zero-order chi connectivity index (χ0) is 13.5. The standard InChI is InChI=1S/C15H20N2O2/c1-2-17-13-7-6-11(18)10-12(13)16-14(19)15(17)8-4-3-5-9-15/h6-7,10,18H,2-5,8-9H2,1H3,(H,16,19). The molecule has 3 rings (SSSR count). The molecular formula is C15H20N2O2. The molecule has 0 unspecified atom stereocenters. The summed E-state index contributed by atoms with van der Waals surface area (Å²) < 4.78 is 0. The molecule has 1 saturated carbocycles. The Morgan fingerprint density at radius 2 is 2.05 bits per heavy atom. The number of phenols is 1. The number of phenolic OH excluding ortho intramolecular Hbond substituents is 1. The number of nitrogens with zero attached hydrogens (tertiary/aromatic N) is 1. The molecule has 0 bridgehead atoms. The first kappa shape index (κ1) is 12.3. The van der Waals surface area contributed by atoms with Gasteiger partial charge in [-0.15, -0.1) is 0 Å². The van der Waals surface area contributed by atoms with Crippen molar-refractivity contribution in [3.8, 4) is 5.75 Å². The van der Waals surface area contributed by atoms with E-state index in [1.807, 2.05) is 6.07 Å². The lowest BCUT2D eigenvalue weighted by Gasteiger charge is -2.49. The first-order valence-electron chi connectivity index (χ1n) is 7.09. The van der Waals surface area contributed by atoms with Crippen LogP contribution in [0.25, 0.3) is 0 Å². The van der Waals surface area contributed by atoms with Crippen LogP contribution in [0.3, 0.4) is 0 Å². The fourth-order valence-corrected chi connectivity index (χ4v) is 3.56. The second-order valence-corrected chi connectivity index (χ2v) is 5.49. The van der Waals surface area contributed by atoms with Crippen molar-refractivity contribution in [1.29, 1.82) is 0 Å². The van der Waals surface area contributed by atoms with E-state index < -0.39 is 0 Å². The van der Waals surface area contributed by atoms with Crippen molar-refractivity contribution >= 4 is 17.3 Å². The average molecular weight is 260 g/mol. The second-order valence-electron chi connectivity index (χ2n) is 5.49. The maximum absolute atomic E-state index is 12.6. The van der Waals surface area contributed by atoms with E-state index in [4.69, 9.17) is 0 Å². The van der Waals surface area contributed by atoms with Crippen molar-refractivity contribution in [2.24, 2.45) is 0 Å². The molecular weight excluding hydrogens is 240 g/mol. The molecule has 0 aromatic heterocycles. The summed E-state index contributed by atoms with van der Waals surface area (Å²) in [5.41, 5.74) is 1.38. The predicted octanol–water partition coefficient (Wildman–Crippen LogP) is 2.87. The second kappa shape index (κ2) is 4.44. The topological polar surface area (TPSA) is 52.6 Å². The molecule has 102 valence electrons. The Kier molecular flexibility index (Phi) is 2.88. The van der Waals surface area contributed by atoms with Crippen LogP contribution in [-0.4, -0.2) is 23.1 Å². The minimum atomic E-state index is -0.378. The van der Waals surface area contributed by atoms with E-state index in [1.165, 1.54) is 6.42 Å². The van der Waals surface area contributed by atoms with Crippen LogP contribution >= 0.6 is 0 Å². The Bertz CT molecular complexity index is 507. The number of likely N-dealkylation sites (N-methyl/N-ethyl adjacent to an activating group) is 1. The van der Waals surface area contributed by atoms with Crippen molar-refractivity contribution in [1.82, 2.24) is 0 Å². The molecule has 4 nitrogen and oxygen atoms in total. The normalized spacial score (nSPS) is 21.1. The number of carbonyl (C=O) groups excluding carboxylic acids is 1. The van der Waals surface area contributed by atoms with E-state index >= 15 is 0 Å². The van der Waals surface area contributed by atoms with Crippen LogP contribution in [0.15, 0.2) is 18.2 Å². The highest BCUT2D eigenvalue weighted by molar-refractivity contribution is 6.07. The molecule has 0 saturated heterocycles. The number of benzene rings is 1. The maximum atomic E-state index is 12.6. The number of rotatable bonds is 1. The van der Waals surface area contributed by atoms with Gasteiger partial charge < -0.3 is 15.3 Å². The molecule has 1 aromatic carbocycles. The van der Waals surface area contributed by atoms with Crippen molar-refractivity contribution < 1.29 is 9.90 Å². The summed E-state index contributed by atoms with van der Waals surface area (Å²) in [5.74, 6) is 0.279. The third-order valence-corrected chi connectivity index (χ3v) is 4.46. The molecule has 2 aliphatic rings. The van der Waals surface area contributed by atoms with Gasteiger partial charge in [0.05, 0.1) is 11.4 Å². The zero-order valence-corrected chi connectivity index (χ0v) is 11.3. The Labute approximate surface area is 113 Å². The molecule has 4 heteroatoms. The van der Waals surface area contributed by atoms with E-state index in [9.17, 15) is 9.90 Å². The van der Waals surface area contributed by atoms with Gasteiger partial charge in [-0.05, 0) is 31.9 Å². The predicted molar refractivity (Wildman–Crippen MR) is 75.6 cm³/mol. The number of hydrogen-bond donors (Lipinski definition) is 2. The van der Waals surface area contributed by atoms with Gasteiger partial charge in [0.25, 0.3) is 0 Å². The van der Waals surface area contributed by atoms with Gasteiger partial charge in [-0.25, -0.2) is 0 Å². The SMILES string of the molecule is CCN1c2ccc(O)cc2NC(=O)C12CCCCC2. The molecule has 1 fully saturated rings. The largest absolute Gasteiger partial charge is 0.508 e. The molecule has 0 radical (unpaired) electrons. The summed E-state index contributed by atoms with van der Waals surface area (Å²) in [7, 11) is 0. The van der Waals surface area contributed by atoms with Crippen LogP contribution in [0, 0.1) is 0 Å². The minimum absolute atomic E-state index is 0.0900. The van der Waals surface area contributed by atoms with Crippen molar-refractivity contribution in [3.05, 3.63) is 18.2 Å². The Balaban J connectivity index is 2.08. The number of anilines is 2. The van der Waals surface area contributed by atoms with Crippen LogP contribution in [0.5, 0.6) is 5.75 Å². The fraction of sp³-hybridized carbons (Fsp3) is 0.533. The number of amides is 1. The van der Waals surface area contributed by atoms with E-state index in [2.05, 4.69) is 17.1 Å². The summed E-state index contributed by atoms with van der Waals surface area (Å²) in [6, 6.07) is 5.23. The summed E-state index contributed by atoms with van der Waals surface area (Å²) in [4.78, 5) is 14.8. The van der Waals surface area contributed by atoms with Gasteiger partial charge in [-0.1, -0.05) is 19.3 Å². The van der Waals surface area contributed by atoms with Crippen LogP contribution in [0.4, 0.5) is 11.4 Å². The fourth-order valence-electron chi connectivity index (χ4n) is 3.56. The first-order chi connectivity index (χ1) is 9.17. The zero-order valence-electron chi connectivity index (χ0n) is 11.3. The van der Waals surface area contributed by atoms with Gasteiger partial charge in [0, 0.05) is 12.6 Å². The minimum Gasteiger partial charge on any atom is -0.508 e. The van der Waals surface area contributed by atoms with Crippen molar-refractivity contribution in [3.63, 3.8) is 0 Å². The Morgan fingerprint density at radius 1 is 1.32 bits per heavy atom.